The minimum absolute atomic E-state index is 0.00499. The van der Waals surface area contributed by atoms with Crippen molar-refractivity contribution in [3.05, 3.63) is 0 Å². The van der Waals surface area contributed by atoms with Crippen LogP contribution in [0.2, 0.25) is 0 Å². The van der Waals surface area contributed by atoms with Gasteiger partial charge in [0.15, 0.2) is 12.6 Å². The topological polar surface area (TPSA) is 233 Å². The molecule has 2 rings (SSSR count). The molecule has 0 spiro atoms. The number of hydrogen-bond acceptors (Lipinski definition) is 14. The highest BCUT2D eigenvalue weighted by atomic mass is 16.8. The van der Waals surface area contributed by atoms with Gasteiger partial charge in [0.2, 0.25) is 12.6 Å². The smallest absolute Gasteiger partial charge is 0.295 e. The van der Waals surface area contributed by atoms with E-state index in [1.54, 1.807) is 0 Å². The standard InChI is InChI=1S/2C6H10O7/c2*7-1-12-6-4(10)2(8)3(9)5(11)13-6/h2*1-6,8-11H/t2?,3-,4-,5+,6?;2-,3?,4+,5-,6?/m01/s1. The second kappa shape index (κ2) is 10.0. The molecule has 0 bridgehead atoms. The van der Waals surface area contributed by atoms with Crippen LogP contribution in [0.15, 0.2) is 0 Å². The normalized spacial score (nSPS) is 45.7. The summed E-state index contributed by atoms with van der Waals surface area (Å²) in [6.07, 6.45) is -16.0. The maximum Gasteiger partial charge on any atom is 0.295 e. The van der Waals surface area contributed by atoms with Crippen LogP contribution in [0.25, 0.3) is 0 Å². The first-order valence-electron chi connectivity index (χ1n) is 7.09. The van der Waals surface area contributed by atoms with Crippen LogP contribution in [-0.2, 0) is 28.5 Å². The van der Waals surface area contributed by atoms with E-state index < -0.39 is 61.8 Å². The van der Waals surface area contributed by atoms with Crippen molar-refractivity contribution in [3.63, 3.8) is 0 Å². The summed E-state index contributed by atoms with van der Waals surface area (Å²) in [5.74, 6) is 0. The van der Waals surface area contributed by atoms with E-state index >= 15 is 0 Å². The van der Waals surface area contributed by atoms with E-state index in [4.69, 9.17) is 40.9 Å². The van der Waals surface area contributed by atoms with Gasteiger partial charge in [0.05, 0.1) is 0 Å². The molecule has 0 aliphatic carbocycles. The Morgan fingerprint density at radius 3 is 1.12 bits per heavy atom. The molecule has 10 atom stereocenters. The molecule has 2 aliphatic heterocycles. The summed E-state index contributed by atoms with van der Waals surface area (Å²) < 4.78 is 17.3. The molecule has 2 fully saturated rings. The molecule has 152 valence electrons. The van der Waals surface area contributed by atoms with E-state index in [0.29, 0.717) is 0 Å². The van der Waals surface area contributed by atoms with E-state index in [1.807, 2.05) is 0 Å². The predicted octanol–water partition coefficient (Wildman–Crippen LogP) is -6.17. The summed E-state index contributed by atoms with van der Waals surface area (Å²) in [4.78, 5) is 19.7. The molecule has 2 heterocycles. The lowest BCUT2D eigenvalue weighted by Gasteiger charge is -2.36. The number of carbonyl (C=O) groups excluding carboxylic acids is 2. The highest BCUT2D eigenvalue weighted by molar-refractivity contribution is 5.37. The first-order chi connectivity index (χ1) is 12.1. The van der Waals surface area contributed by atoms with Gasteiger partial charge in [0, 0.05) is 0 Å². The van der Waals surface area contributed by atoms with E-state index in [1.165, 1.54) is 0 Å². The van der Waals surface area contributed by atoms with Crippen LogP contribution < -0.4 is 0 Å². The van der Waals surface area contributed by atoms with E-state index in [0.717, 1.165) is 0 Å². The molecule has 2 saturated heterocycles. The van der Waals surface area contributed by atoms with Gasteiger partial charge >= 0.3 is 0 Å². The van der Waals surface area contributed by atoms with Crippen LogP contribution in [0.1, 0.15) is 0 Å². The molecule has 14 nitrogen and oxygen atoms in total. The van der Waals surface area contributed by atoms with Crippen LogP contribution in [0.3, 0.4) is 0 Å². The van der Waals surface area contributed by atoms with Gasteiger partial charge < -0.3 is 59.8 Å². The van der Waals surface area contributed by atoms with Gasteiger partial charge in [-0.05, 0) is 0 Å². The van der Waals surface area contributed by atoms with Crippen molar-refractivity contribution in [3.8, 4) is 0 Å². The molecule has 26 heavy (non-hydrogen) atoms. The van der Waals surface area contributed by atoms with Crippen LogP contribution in [0.5, 0.6) is 0 Å². The molecule has 0 amide bonds. The van der Waals surface area contributed by atoms with Crippen molar-refractivity contribution in [2.24, 2.45) is 0 Å². The third-order valence-corrected chi connectivity index (χ3v) is 3.47. The molecule has 0 aromatic carbocycles. The molecular weight excluding hydrogens is 368 g/mol. The van der Waals surface area contributed by atoms with Gasteiger partial charge in [0.1, 0.15) is 36.6 Å². The first kappa shape index (κ1) is 22.6. The molecule has 0 saturated carbocycles. The molecule has 4 unspecified atom stereocenters. The predicted molar refractivity (Wildman–Crippen MR) is 72.1 cm³/mol. The minimum Gasteiger partial charge on any atom is -0.435 e. The van der Waals surface area contributed by atoms with Gasteiger partial charge in [-0.15, -0.1) is 0 Å². The Bertz CT molecular complexity index is 408. The Balaban J connectivity index is 0.000000260. The van der Waals surface area contributed by atoms with E-state index in [9.17, 15) is 9.59 Å². The van der Waals surface area contributed by atoms with Crippen molar-refractivity contribution in [2.75, 3.05) is 0 Å². The third-order valence-electron chi connectivity index (χ3n) is 3.47. The summed E-state index contributed by atoms with van der Waals surface area (Å²) >= 11 is 0. The molecule has 0 radical (unpaired) electrons. The highest BCUT2D eigenvalue weighted by Gasteiger charge is 2.45. The minimum atomic E-state index is -1.69. The molecular formula is C12H20O14. The molecule has 0 aromatic rings. The summed E-state index contributed by atoms with van der Waals surface area (Å²) in [5, 5.41) is 72.2. The summed E-state index contributed by atoms with van der Waals surface area (Å²) in [7, 11) is 0. The Kier molecular flexibility index (Phi) is 8.71. The second-order valence-electron chi connectivity index (χ2n) is 5.20. The van der Waals surface area contributed by atoms with Crippen molar-refractivity contribution in [2.45, 2.75) is 61.8 Å². The van der Waals surface area contributed by atoms with Crippen LogP contribution >= 0.6 is 0 Å². The molecule has 14 heteroatoms. The largest absolute Gasteiger partial charge is 0.435 e. The Morgan fingerprint density at radius 2 is 0.846 bits per heavy atom. The lowest BCUT2D eigenvalue weighted by atomic mass is 10.0. The maximum absolute atomic E-state index is 9.87. The van der Waals surface area contributed by atoms with Gasteiger partial charge in [-0.1, -0.05) is 0 Å². The summed E-state index contributed by atoms with van der Waals surface area (Å²) in [5.41, 5.74) is 0. The molecule has 0 aromatic heterocycles. The molecule has 2 aliphatic rings. The van der Waals surface area contributed by atoms with Crippen molar-refractivity contribution in [1.29, 1.82) is 0 Å². The lowest BCUT2D eigenvalue weighted by molar-refractivity contribution is -0.329. The molecule has 8 N–H and O–H groups in total. The SMILES string of the molecule is O=COC1O[C@@H](O)C(O)[C@@H](O)[C@@H]1O.O=COC1O[C@@H](O)[C@@H](O)C(O)[C@@H]1O. The zero-order valence-electron chi connectivity index (χ0n) is 13.0. The fourth-order valence-electron chi connectivity index (χ4n) is 1.99. The Morgan fingerprint density at radius 1 is 0.538 bits per heavy atom. The number of aliphatic hydroxyl groups excluding tert-OH is 8. The highest BCUT2D eigenvalue weighted by Crippen LogP contribution is 2.20. The van der Waals surface area contributed by atoms with Crippen LogP contribution in [0.4, 0.5) is 0 Å². The van der Waals surface area contributed by atoms with Gasteiger partial charge in [-0.2, -0.15) is 0 Å². The number of carbonyl (C=O) groups is 2. The maximum atomic E-state index is 9.87. The van der Waals surface area contributed by atoms with Gasteiger partial charge in [0.25, 0.3) is 12.9 Å². The number of hydrogen-bond donors (Lipinski definition) is 8. The summed E-state index contributed by atoms with van der Waals surface area (Å²) in [6.45, 7) is 0.00998. The second-order valence-corrected chi connectivity index (χ2v) is 5.20. The number of rotatable bonds is 4. The number of aliphatic hydroxyl groups is 8. The lowest BCUT2D eigenvalue weighted by Crippen LogP contribution is -2.58. The number of ether oxygens (including phenoxy) is 4. The van der Waals surface area contributed by atoms with Gasteiger partial charge in [-0.25, -0.2) is 0 Å². The van der Waals surface area contributed by atoms with Crippen LogP contribution in [0, 0.1) is 0 Å². The fraction of sp³-hybridized carbons (Fsp3) is 0.833. The van der Waals surface area contributed by atoms with Crippen molar-refractivity contribution in [1.82, 2.24) is 0 Å². The first-order valence-corrected chi connectivity index (χ1v) is 7.09. The average Bonchev–Trinajstić information content (AvgIpc) is 2.61. The van der Waals surface area contributed by atoms with E-state index in [-0.39, 0.29) is 12.9 Å². The zero-order valence-corrected chi connectivity index (χ0v) is 13.0. The van der Waals surface area contributed by atoms with Crippen LogP contribution in [-0.4, -0.2) is 116 Å². The Hall–Kier alpha value is -1.46. The summed E-state index contributed by atoms with van der Waals surface area (Å²) in [6, 6.07) is 0. The quantitative estimate of drug-likeness (QED) is 0.209. The Labute approximate surface area is 145 Å². The average molecular weight is 388 g/mol. The van der Waals surface area contributed by atoms with Gasteiger partial charge in [-0.3, -0.25) is 9.59 Å². The third kappa shape index (κ3) is 5.27. The monoisotopic (exact) mass is 388 g/mol. The zero-order chi connectivity index (χ0) is 20.0. The fourth-order valence-corrected chi connectivity index (χ4v) is 1.99. The van der Waals surface area contributed by atoms with E-state index in [2.05, 4.69) is 18.9 Å². The van der Waals surface area contributed by atoms with Crippen molar-refractivity contribution < 1.29 is 69.4 Å². The van der Waals surface area contributed by atoms with Crippen molar-refractivity contribution >= 4 is 12.9 Å².